The predicted molar refractivity (Wildman–Crippen MR) is 79.5 cm³/mol. The van der Waals surface area contributed by atoms with Gasteiger partial charge in [0.15, 0.2) is 0 Å². The first-order chi connectivity index (χ1) is 10.3. The minimum absolute atomic E-state index is 0.0342. The molecule has 21 heavy (non-hydrogen) atoms. The zero-order chi connectivity index (χ0) is 14.9. The van der Waals surface area contributed by atoms with Crippen molar-refractivity contribution < 1.29 is 9.90 Å². The molecule has 1 heterocycles. The van der Waals surface area contributed by atoms with Gasteiger partial charge < -0.3 is 5.11 Å². The van der Waals surface area contributed by atoms with E-state index < -0.39 is 0 Å². The van der Waals surface area contributed by atoms with Crippen molar-refractivity contribution in [2.24, 2.45) is 0 Å². The van der Waals surface area contributed by atoms with Crippen LogP contribution in [0.3, 0.4) is 0 Å². The van der Waals surface area contributed by atoms with Crippen molar-refractivity contribution in [3.63, 3.8) is 0 Å². The SMILES string of the molecule is O=C(Cc1ccccc1)Cc1ccc(C#CCCO)nn1. The first-order valence-electron chi connectivity index (χ1n) is 6.76. The number of hydrogen-bond donors (Lipinski definition) is 1. The molecule has 0 aliphatic rings. The summed E-state index contributed by atoms with van der Waals surface area (Å²) in [6, 6.07) is 13.1. The summed E-state index contributed by atoms with van der Waals surface area (Å²) in [5.41, 5.74) is 2.19. The van der Waals surface area contributed by atoms with Crippen molar-refractivity contribution in [3.8, 4) is 11.8 Å². The van der Waals surface area contributed by atoms with Crippen LogP contribution in [0.4, 0.5) is 0 Å². The number of aliphatic hydroxyl groups is 1. The molecule has 0 spiro atoms. The second-order valence-corrected chi connectivity index (χ2v) is 4.56. The second-order valence-electron chi connectivity index (χ2n) is 4.56. The maximum atomic E-state index is 12.0. The number of carbonyl (C=O) groups is 1. The zero-order valence-electron chi connectivity index (χ0n) is 11.6. The lowest BCUT2D eigenvalue weighted by atomic mass is 10.1. The molecule has 0 unspecified atom stereocenters. The third-order valence-corrected chi connectivity index (χ3v) is 2.80. The summed E-state index contributed by atoms with van der Waals surface area (Å²) in [6.45, 7) is 0.0342. The van der Waals surface area contributed by atoms with E-state index >= 15 is 0 Å². The summed E-state index contributed by atoms with van der Waals surface area (Å²) in [7, 11) is 0. The van der Waals surface area contributed by atoms with Crippen molar-refractivity contribution >= 4 is 5.78 Å². The Morgan fingerprint density at radius 2 is 1.86 bits per heavy atom. The van der Waals surface area contributed by atoms with Crippen molar-refractivity contribution in [3.05, 3.63) is 59.4 Å². The highest BCUT2D eigenvalue weighted by Crippen LogP contribution is 2.04. The van der Waals surface area contributed by atoms with E-state index in [9.17, 15) is 4.79 Å². The van der Waals surface area contributed by atoms with Crippen LogP contribution in [0.5, 0.6) is 0 Å². The normalized spacial score (nSPS) is 9.76. The molecule has 4 nitrogen and oxygen atoms in total. The Hall–Kier alpha value is -2.51. The van der Waals surface area contributed by atoms with Gasteiger partial charge in [-0.3, -0.25) is 4.79 Å². The van der Waals surface area contributed by atoms with Gasteiger partial charge in [-0.05, 0) is 23.6 Å². The van der Waals surface area contributed by atoms with E-state index in [0.717, 1.165) is 5.56 Å². The number of carbonyl (C=O) groups excluding carboxylic acids is 1. The third kappa shape index (κ3) is 5.17. The van der Waals surface area contributed by atoms with Crippen molar-refractivity contribution in [2.45, 2.75) is 19.3 Å². The molecule has 0 amide bonds. The zero-order valence-corrected chi connectivity index (χ0v) is 11.6. The van der Waals surface area contributed by atoms with Crippen molar-refractivity contribution in [2.75, 3.05) is 6.61 Å². The Balaban J connectivity index is 1.91. The number of hydrogen-bond acceptors (Lipinski definition) is 4. The molecule has 2 rings (SSSR count). The third-order valence-electron chi connectivity index (χ3n) is 2.80. The predicted octanol–water partition coefficient (Wildman–Crippen LogP) is 1.56. The van der Waals surface area contributed by atoms with Gasteiger partial charge in [0, 0.05) is 12.8 Å². The van der Waals surface area contributed by atoms with Crippen molar-refractivity contribution in [1.82, 2.24) is 10.2 Å². The van der Waals surface area contributed by atoms with Crippen LogP contribution < -0.4 is 0 Å². The summed E-state index contributed by atoms with van der Waals surface area (Å²) < 4.78 is 0. The van der Waals surface area contributed by atoms with E-state index in [4.69, 9.17) is 5.11 Å². The number of nitrogens with zero attached hydrogens (tertiary/aromatic N) is 2. The lowest BCUT2D eigenvalue weighted by molar-refractivity contribution is -0.117. The van der Waals surface area contributed by atoms with Crippen LogP contribution in [0.1, 0.15) is 23.4 Å². The standard InChI is InChI=1S/C17H16N2O2/c20-11-5-4-8-15-9-10-16(19-18-15)13-17(21)12-14-6-2-1-3-7-14/h1-3,6-7,9-10,20H,5,11-13H2. The maximum Gasteiger partial charge on any atom is 0.143 e. The van der Waals surface area contributed by atoms with Crippen LogP contribution in [0.25, 0.3) is 0 Å². The average Bonchev–Trinajstić information content (AvgIpc) is 2.50. The summed E-state index contributed by atoms with van der Waals surface area (Å²) in [5.74, 6) is 5.68. The van der Waals surface area contributed by atoms with Crippen LogP contribution in [0, 0.1) is 11.8 Å². The fourth-order valence-electron chi connectivity index (χ4n) is 1.82. The smallest absolute Gasteiger partial charge is 0.143 e. The Morgan fingerprint density at radius 3 is 2.52 bits per heavy atom. The number of ketones is 1. The van der Waals surface area contributed by atoms with Crippen LogP contribution in [0.15, 0.2) is 42.5 Å². The number of Topliss-reactive ketones (excluding diaryl/α,β-unsaturated/α-hetero) is 1. The topological polar surface area (TPSA) is 63.1 Å². The maximum absolute atomic E-state index is 12.0. The van der Waals surface area contributed by atoms with Gasteiger partial charge in [-0.1, -0.05) is 36.3 Å². The number of rotatable bonds is 5. The lowest BCUT2D eigenvalue weighted by Gasteiger charge is -2.01. The molecule has 4 heteroatoms. The number of benzene rings is 1. The van der Waals surface area contributed by atoms with Crippen LogP contribution in [0.2, 0.25) is 0 Å². The van der Waals surface area contributed by atoms with Gasteiger partial charge in [0.25, 0.3) is 0 Å². The van der Waals surface area contributed by atoms with Crippen LogP contribution in [-0.4, -0.2) is 27.7 Å². The highest BCUT2D eigenvalue weighted by Gasteiger charge is 2.06. The molecule has 1 aromatic carbocycles. The molecule has 0 aliphatic carbocycles. The lowest BCUT2D eigenvalue weighted by Crippen LogP contribution is -2.08. The Labute approximate surface area is 123 Å². The summed E-state index contributed by atoms with van der Waals surface area (Å²) in [5, 5.41) is 16.6. The van der Waals surface area contributed by atoms with E-state index in [1.54, 1.807) is 12.1 Å². The van der Waals surface area contributed by atoms with Gasteiger partial charge in [-0.2, -0.15) is 5.10 Å². The molecule has 0 bridgehead atoms. The molecule has 1 aromatic heterocycles. The summed E-state index contributed by atoms with van der Waals surface area (Å²) in [6.07, 6.45) is 1.09. The Kier molecular flexibility index (Phi) is 5.62. The van der Waals surface area contributed by atoms with E-state index in [0.29, 0.717) is 24.2 Å². The monoisotopic (exact) mass is 280 g/mol. The first kappa shape index (κ1) is 14.9. The van der Waals surface area contributed by atoms with E-state index in [2.05, 4.69) is 22.0 Å². The molecule has 106 valence electrons. The van der Waals surface area contributed by atoms with E-state index in [-0.39, 0.29) is 18.8 Å². The van der Waals surface area contributed by atoms with Gasteiger partial charge >= 0.3 is 0 Å². The highest BCUT2D eigenvalue weighted by molar-refractivity contribution is 5.82. The van der Waals surface area contributed by atoms with E-state index in [1.165, 1.54) is 0 Å². The fraction of sp³-hybridized carbons (Fsp3) is 0.235. The molecule has 0 atom stereocenters. The molecule has 1 N–H and O–H groups in total. The molecule has 2 aromatic rings. The first-order valence-corrected chi connectivity index (χ1v) is 6.76. The molecule has 0 fully saturated rings. The summed E-state index contributed by atoms with van der Waals surface area (Å²) in [4.78, 5) is 12.0. The molecule has 0 radical (unpaired) electrons. The van der Waals surface area contributed by atoms with Gasteiger partial charge in [-0.25, -0.2) is 0 Å². The Morgan fingerprint density at radius 1 is 1.05 bits per heavy atom. The summed E-state index contributed by atoms with van der Waals surface area (Å²) >= 11 is 0. The molecule has 0 saturated heterocycles. The Bertz CT molecular complexity index is 640. The van der Waals surface area contributed by atoms with Gasteiger partial charge in [0.2, 0.25) is 0 Å². The molecule has 0 aliphatic heterocycles. The second kappa shape index (κ2) is 7.93. The number of aliphatic hydroxyl groups excluding tert-OH is 1. The van der Waals surface area contributed by atoms with Crippen LogP contribution in [-0.2, 0) is 17.6 Å². The quantitative estimate of drug-likeness (QED) is 0.844. The van der Waals surface area contributed by atoms with Gasteiger partial charge in [0.1, 0.15) is 11.5 Å². The highest BCUT2D eigenvalue weighted by atomic mass is 16.2. The fourth-order valence-corrected chi connectivity index (χ4v) is 1.82. The van der Waals surface area contributed by atoms with Gasteiger partial charge in [-0.15, -0.1) is 5.10 Å². The van der Waals surface area contributed by atoms with Crippen molar-refractivity contribution in [1.29, 1.82) is 0 Å². The number of aromatic nitrogens is 2. The molecular weight excluding hydrogens is 264 g/mol. The molecule has 0 saturated carbocycles. The largest absolute Gasteiger partial charge is 0.395 e. The average molecular weight is 280 g/mol. The van der Waals surface area contributed by atoms with Crippen LogP contribution >= 0.6 is 0 Å². The minimum atomic E-state index is 0.0342. The minimum Gasteiger partial charge on any atom is -0.395 e. The van der Waals surface area contributed by atoms with Gasteiger partial charge in [0.05, 0.1) is 18.7 Å². The van der Waals surface area contributed by atoms with E-state index in [1.807, 2.05) is 30.3 Å². The molecular formula is C17H16N2O2.